The van der Waals surface area contributed by atoms with Crippen molar-refractivity contribution in [3.63, 3.8) is 0 Å². The number of nitrogens with zero attached hydrogens (tertiary/aromatic N) is 2. The van der Waals surface area contributed by atoms with Gasteiger partial charge in [0.2, 0.25) is 0 Å². The van der Waals surface area contributed by atoms with E-state index in [1.807, 2.05) is 24.3 Å². The van der Waals surface area contributed by atoms with Crippen molar-refractivity contribution < 1.29 is 0 Å². The van der Waals surface area contributed by atoms with Crippen LogP contribution in [0.2, 0.25) is 5.15 Å². The van der Waals surface area contributed by atoms with E-state index in [0.717, 1.165) is 0 Å². The van der Waals surface area contributed by atoms with E-state index in [1.54, 1.807) is 7.05 Å². The van der Waals surface area contributed by atoms with Crippen molar-refractivity contribution >= 4 is 29.2 Å². The molecule has 0 atom stereocenters. The Labute approximate surface area is 117 Å². The van der Waals surface area contributed by atoms with Gasteiger partial charge in [0.05, 0.1) is 0 Å². The summed E-state index contributed by atoms with van der Waals surface area (Å²) in [5, 5.41) is 6.58. The Kier molecular flexibility index (Phi) is 4.75. The molecule has 2 rings (SSSR count). The van der Waals surface area contributed by atoms with E-state index >= 15 is 0 Å². The van der Waals surface area contributed by atoms with E-state index in [9.17, 15) is 0 Å². The van der Waals surface area contributed by atoms with Crippen molar-refractivity contribution in [1.82, 2.24) is 9.97 Å². The zero-order chi connectivity index (χ0) is 13.5. The zero-order valence-corrected chi connectivity index (χ0v) is 11.4. The average Bonchev–Trinajstić information content (AvgIpc) is 2.45. The largest absolute Gasteiger partial charge is 0.383 e. The third-order valence-electron chi connectivity index (χ3n) is 2.55. The maximum atomic E-state index is 5.97. The summed E-state index contributed by atoms with van der Waals surface area (Å²) in [6, 6.07) is 10.1. The van der Waals surface area contributed by atoms with Gasteiger partial charge < -0.3 is 10.6 Å². The fourth-order valence-corrected chi connectivity index (χ4v) is 1.86. The number of hydrogen-bond donors (Lipinski definition) is 2. The van der Waals surface area contributed by atoms with Gasteiger partial charge in [0.25, 0.3) is 0 Å². The van der Waals surface area contributed by atoms with Gasteiger partial charge in [-0.25, -0.2) is 9.97 Å². The first-order chi connectivity index (χ1) is 9.31. The van der Waals surface area contributed by atoms with Gasteiger partial charge in [0, 0.05) is 13.6 Å². The summed E-state index contributed by atoms with van der Waals surface area (Å²) in [5.74, 6) is 0.695. The molecule has 2 N–H and O–H groups in total. The number of anilines is 2. The number of aromatic nitrogens is 2. The first kappa shape index (κ1) is 13.4. The summed E-state index contributed by atoms with van der Waals surface area (Å²) in [6.45, 7) is 0.664. The summed E-state index contributed by atoms with van der Waals surface area (Å²) >= 11 is 5.97. The molecule has 0 aliphatic rings. The third kappa shape index (κ3) is 3.69. The van der Waals surface area contributed by atoms with E-state index < -0.39 is 0 Å². The molecule has 0 unspecified atom stereocenters. The van der Waals surface area contributed by atoms with Crippen molar-refractivity contribution in [3.05, 3.63) is 53.5 Å². The topological polar surface area (TPSA) is 49.8 Å². The van der Waals surface area contributed by atoms with E-state index in [2.05, 4.69) is 38.8 Å². The summed E-state index contributed by atoms with van der Waals surface area (Å²) in [4.78, 5) is 8.07. The molecule has 5 heteroatoms. The van der Waals surface area contributed by atoms with Crippen molar-refractivity contribution in [2.75, 3.05) is 24.2 Å². The molecule has 0 amide bonds. The van der Waals surface area contributed by atoms with Gasteiger partial charge in [0.15, 0.2) is 11.0 Å². The highest BCUT2D eigenvalue weighted by Gasteiger charge is 2.06. The third-order valence-corrected chi connectivity index (χ3v) is 2.83. The molecule has 0 aliphatic heterocycles. The molecule has 19 heavy (non-hydrogen) atoms. The second-order valence-corrected chi connectivity index (χ2v) is 4.19. The summed E-state index contributed by atoms with van der Waals surface area (Å²) in [5.41, 5.74) is 1.87. The van der Waals surface area contributed by atoms with Gasteiger partial charge in [-0.3, -0.25) is 0 Å². The van der Waals surface area contributed by atoms with Gasteiger partial charge in [-0.2, -0.15) is 0 Å². The lowest BCUT2D eigenvalue weighted by Crippen LogP contribution is -2.05. The highest BCUT2D eigenvalue weighted by atomic mass is 35.5. The van der Waals surface area contributed by atoms with Crippen LogP contribution in [0.3, 0.4) is 0 Å². The fourth-order valence-electron chi connectivity index (χ4n) is 1.63. The van der Waals surface area contributed by atoms with Crippen LogP contribution in [0.4, 0.5) is 11.5 Å². The summed E-state index contributed by atoms with van der Waals surface area (Å²) < 4.78 is 0. The van der Waals surface area contributed by atoms with Crippen LogP contribution in [0.25, 0.3) is 6.08 Å². The molecule has 0 bridgehead atoms. The molecule has 0 saturated heterocycles. The van der Waals surface area contributed by atoms with Gasteiger partial charge >= 0.3 is 0 Å². The minimum Gasteiger partial charge on any atom is -0.383 e. The van der Waals surface area contributed by atoms with Crippen LogP contribution in [0.5, 0.6) is 0 Å². The zero-order valence-electron chi connectivity index (χ0n) is 10.6. The van der Waals surface area contributed by atoms with Gasteiger partial charge in [0.1, 0.15) is 12.0 Å². The van der Waals surface area contributed by atoms with Crippen LogP contribution in [-0.4, -0.2) is 23.6 Å². The smallest absolute Gasteiger partial charge is 0.157 e. The second kappa shape index (κ2) is 6.75. The fraction of sp³-hybridized carbons (Fsp3) is 0.143. The SMILES string of the molecule is CNc1c(Cl)ncnc1NC/C=C/c1ccccc1. The highest BCUT2D eigenvalue weighted by Crippen LogP contribution is 2.24. The molecular formula is C14H15ClN4. The van der Waals surface area contributed by atoms with Crippen LogP contribution >= 0.6 is 11.6 Å². The van der Waals surface area contributed by atoms with E-state index in [0.29, 0.717) is 23.2 Å². The predicted octanol–water partition coefficient (Wildman–Crippen LogP) is 3.30. The predicted molar refractivity (Wildman–Crippen MR) is 80.6 cm³/mol. The average molecular weight is 275 g/mol. The number of benzene rings is 1. The molecule has 0 fully saturated rings. The minimum atomic E-state index is 0.409. The Bertz CT molecular complexity index is 555. The molecule has 0 aliphatic carbocycles. The summed E-state index contributed by atoms with van der Waals surface area (Å²) in [7, 11) is 1.79. The van der Waals surface area contributed by atoms with Crippen molar-refractivity contribution in [1.29, 1.82) is 0 Å². The Morgan fingerprint density at radius 2 is 2.00 bits per heavy atom. The molecule has 98 valence electrons. The molecule has 0 spiro atoms. The Balaban J connectivity index is 1.96. The number of hydrogen-bond acceptors (Lipinski definition) is 4. The van der Waals surface area contributed by atoms with E-state index in [4.69, 9.17) is 11.6 Å². The monoisotopic (exact) mass is 274 g/mol. The lowest BCUT2D eigenvalue weighted by molar-refractivity contribution is 1.14. The lowest BCUT2D eigenvalue weighted by atomic mass is 10.2. The molecule has 1 heterocycles. The lowest BCUT2D eigenvalue weighted by Gasteiger charge is -2.09. The molecule has 1 aromatic heterocycles. The Morgan fingerprint density at radius 3 is 2.74 bits per heavy atom. The van der Waals surface area contributed by atoms with Crippen LogP contribution in [-0.2, 0) is 0 Å². The molecular weight excluding hydrogens is 260 g/mol. The number of halogens is 1. The van der Waals surface area contributed by atoms with Crippen LogP contribution < -0.4 is 10.6 Å². The Morgan fingerprint density at radius 1 is 1.21 bits per heavy atom. The normalized spacial score (nSPS) is 10.6. The molecule has 4 nitrogen and oxygen atoms in total. The standard InChI is InChI=1S/C14H15ClN4/c1-16-12-13(15)18-10-19-14(12)17-9-5-8-11-6-3-2-4-7-11/h2-8,10,16H,9H2,1H3,(H,17,18,19)/b8-5+. The maximum absolute atomic E-state index is 5.97. The summed E-state index contributed by atoms with van der Waals surface area (Å²) in [6.07, 6.45) is 5.52. The quantitative estimate of drug-likeness (QED) is 0.822. The first-order valence-electron chi connectivity index (χ1n) is 5.95. The Hall–Kier alpha value is -2.07. The second-order valence-electron chi connectivity index (χ2n) is 3.83. The van der Waals surface area contributed by atoms with Crippen molar-refractivity contribution in [2.24, 2.45) is 0 Å². The first-order valence-corrected chi connectivity index (χ1v) is 6.33. The maximum Gasteiger partial charge on any atom is 0.157 e. The van der Waals surface area contributed by atoms with Crippen LogP contribution in [0, 0.1) is 0 Å². The molecule has 0 saturated carbocycles. The number of nitrogens with one attached hydrogen (secondary N) is 2. The van der Waals surface area contributed by atoms with Gasteiger partial charge in [-0.05, 0) is 5.56 Å². The molecule has 2 aromatic rings. The van der Waals surface area contributed by atoms with E-state index in [1.165, 1.54) is 11.9 Å². The van der Waals surface area contributed by atoms with Crippen LogP contribution in [0.15, 0.2) is 42.7 Å². The van der Waals surface area contributed by atoms with Gasteiger partial charge in [-0.1, -0.05) is 54.1 Å². The molecule has 0 radical (unpaired) electrons. The molecule has 1 aromatic carbocycles. The van der Waals surface area contributed by atoms with Crippen molar-refractivity contribution in [3.8, 4) is 0 Å². The van der Waals surface area contributed by atoms with Crippen molar-refractivity contribution in [2.45, 2.75) is 0 Å². The highest BCUT2D eigenvalue weighted by molar-refractivity contribution is 6.32. The van der Waals surface area contributed by atoms with E-state index in [-0.39, 0.29) is 0 Å². The minimum absolute atomic E-state index is 0.409. The van der Waals surface area contributed by atoms with Gasteiger partial charge in [-0.15, -0.1) is 0 Å². The number of rotatable bonds is 5. The van der Waals surface area contributed by atoms with Crippen LogP contribution in [0.1, 0.15) is 5.56 Å².